The number of hydrogen-bond acceptors (Lipinski definition) is 2. The first-order valence-corrected chi connectivity index (χ1v) is 6.96. The maximum absolute atomic E-state index is 11.3. The second-order valence-corrected chi connectivity index (χ2v) is 5.56. The zero-order valence-electron chi connectivity index (χ0n) is 10.7. The molecule has 1 fully saturated rings. The fraction of sp³-hybridized carbons (Fsp3) is 0.533. The molecule has 3 heteroatoms. The van der Waals surface area contributed by atoms with E-state index in [1.165, 1.54) is 0 Å². The van der Waals surface area contributed by atoms with Gasteiger partial charge >= 0.3 is 0 Å². The molecule has 0 aromatic heterocycles. The van der Waals surface area contributed by atoms with E-state index in [1.54, 1.807) is 0 Å². The van der Waals surface area contributed by atoms with Crippen LogP contribution in [-0.4, -0.2) is 10.9 Å². The lowest BCUT2D eigenvalue weighted by molar-refractivity contribution is -0.125. The Morgan fingerprint density at radius 3 is 2.61 bits per heavy atom. The Bertz CT molecular complexity index is 444. The highest BCUT2D eigenvalue weighted by atomic mass is 35.5. The minimum absolute atomic E-state index is 0.255. The van der Waals surface area contributed by atoms with Gasteiger partial charge in [-0.15, -0.1) is 0 Å². The van der Waals surface area contributed by atoms with Crippen LogP contribution in [0.15, 0.2) is 18.2 Å². The summed E-state index contributed by atoms with van der Waals surface area (Å²) in [4.78, 5) is 11.3. The highest BCUT2D eigenvalue weighted by molar-refractivity contribution is 6.30. The van der Waals surface area contributed by atoms with E-state index in [0.29, 0.717) is 30.7 Å². The van der Waals surface area contributed by atoms with Crippen LogP contribution < -0.4 is 0 Å². The first-order chi connectivity index (χ1) is 8.55. The zero-order valence-corrected chi connectivity index (χ0v) is 11.5. The van der Waals surface area contributed by atoms with Crippen molar-refractivity contribution < 1.29 is 9.90 Å². The van der Waals surface area contributed by atoms with Gasteiger partial charge in [0, 0.05) is 17.9 Å². The van der Waals surface area contributed by atoms with Crippen molar-refractivity contribution in [3.05, 3.63) is 34.3 Å². The molecule has 0 amide bonds. The van der Waals surface area contributed by atoms with Crippen molar-refractivity contribution in [2.24, 2.45) is 0 Å². The summed E-state index contributed by atoms with van der Waals surface area (Å²) in [5, 5.41) is 11.5. The molecule has 1 N–H and O–H groups in total. The Morgan fingerprint density at radius 1 is 1.33 bits per heavy atom. The maximum Gasteiger partial charge on any atom is 0.133 e. The molecule has 1 aromatic rings. The van der Waals surface area contributed by atoms with Gasteiger partial charge in [0.05, 0.1) is 5.60 Å². The lowest BCUT2D eigenvalue weighted by atomic mass is 9.77. The van der Waals surface area contributed by atoms with E-state index in [0.717, 1.165) is 24.0 Å². The van der Waals surface area contributed by atoms with Gasteiger partial charge in [-0.25, -0.2) is 0 Å². The quantitative estimate of drug-likeness (QED) is 0.907. The van der Waals surface area contributed by atoms with Gasteiger partial charge in [0.15, 0.2) is 0 Å². The average Bonchev–Trinajstić information content (AvgIpc) is 2.34. The Balaban J connectivity index is 2.34. The van der Waals surface area contributed by atoms with Gasteiger partial charge in [-0.3, -0.25) is 4.79 Å². The van der Waals surface area contributed by atoms with Gasteiger partial charge < -0.3 is 5.11 Å². The van der Waals surface area contributed by atoms with Crippen LogP contribution in [0.1, 0.15) is 50.2 Å². The number of hydrogen-bond donors (Lipinski definition) is 1. The van der Waals surface area contributed by atoms with E-state index in [2.05, 4.69) is 6.92 Å². The van der Waals surface area contributed by atoms with Crippen LogP contribution in [0.5, 0.6) is 0 Å². The third kappa shape index (κ3) is 2.76. The van der Waals surface area contributed by atoms with Crippen LogP contribution in [0.2, 0.25) is 5.02 Å². The Hall–Kier alpha value is -0.860. The number of aliphatic hydroxyl groups is 1. The Labute approximate surface area is 113 Å². The fourth-order valence-corrected chi connectivity index (χ4v) is 2.90. The van der Waals surface area contributed by atoms with Crippen LogP contribution in [-0.2, 0) is 16.8 Å². The van der Waals surface area contributed by atoms with Crippen molar-refractivity contribution >= 4 is 17.4 Å². The van der Waals surface area contributed by atoms with Crippen LogP contribution in [0, 0.1) is 0 Å². The Kier molecular flexibility index (Phi) is 4.08. The summed E-state index contributed by atoms with van der Waals surface area (Å²) >= 11 is 6.02. The van der Waals surface area contributed by atoms with E-state index in [-0.39, 0.29) is 5.78 Å². The molecule has 0 spiro atoms. The Morgan fingerprint density at radius 2 is 2.00 bits per heavy atom. The van der Waals surface area contributed by atoms with E-state index >= 15 is 0 Å². The molecule has 0 heterocycles. The second-order valence-electron chi connectivity index (χ2n) is 5.12. The molecule has 0 radical (unpaired) electrons. The lowest BCUT2D eigenvalue weighted by Gasteiger charge is -2.33. The topological polar surface area (TPSA) is 37.3 Å². The van der Waals surface area contributed by atoms with E-state index in [1.807, 2.05) is 18.2 Å². The van der Waals surface area contributed by atoms with Crippen LogP contribution >= 0.6 is 11.6 Å². The van der Waals surface area contributed by atoms with Gasteiger partial charge in [-0.2, -0.15) is 0 Å². The van der Waals surface area contributed by atoms with Gasteiger partial charge in [-0.05, 0) is 42.5 Å². The molecule has 2 nitrogen and oxygen atoms in total. The number of halogens is 1. The van der Waals surface area contributed by atoms with Crippen molar-refractivity contribution in [3.63, 3.8) is 0 Å². The van der Waals surface area contributed by atoms with Crippen molar-refractivity contribution in [3.8, 4) is 0 Å². The van der Waals surface area contributed by atoms with Crippen LogP contribution in [0.25, 0.3) is 0 Å². The maximum atomic E-state index is 11.3. The molecule has 0 bridgehead atoms. The minimum atomic E-state index is -0.844. The number of rotatable bonds is 3. The summed E-state index contributed by atoms with van der Waals surface area (Å²) in [5.74, 6) is 0.255. The van der Waals surface area contributed by atoms with Gasteiger partial charge in [0.1, 0.15) is 5.78 Å². The standard InChI is InChI=1S/C15H19ClO2/c1-2-3-11-10-12(16)4-5-14(11)15(18)8-6-13(17)7-9-15/h4-5,10,18H,2-3,6-9H2,1H3. The van der Waals surface area contributed by atoms with E-state index < -0.39 is 5.60 Å². The van der Waals surface area contributed by atoms with Crippen molar-refractivity contribution in [2.75, 3.05) is 0 Å². The number of ketones is 1. The number of carbonyl (C=O) groups is 1. The fourth-order valence-electron chi connectivity index (χ4n) is 2.70. The molecular weight excluding hydrogens is 248 g/mol. The lowest BCUT2D eigenvalue weighted by Crippen LogP contribution is -2.32. The number of carbonyl (C=O) groups excluding carboxylic acids is 1. The smallest absolute Gasteiger partial charge is 0.133 e. The molecule has 0 aliphatic heterocycles. The molecule has 0 saturated heterocycles. The molecule has 1 aliphatic rings. The monoisotopic (exact) mass is 266 g/mol. The molecular formula is C15H19ClO2. The van der Waals surface area contributed by atoms with Crippen molar-refractivity contribution in [1.29, 1.82) is 0 Å². The summed E-state index contributed by atoms with van der Waals surface area (Å²) in [5.41, 5.74) is 1.23. The summed E-state index contributed by atoms with van der Waals surface area (Å²) in [6.07, 6.45) is 3.94. The second kappa shape index (κ2) is 5.41. The predicted octanol–water partition coefficient (Wildman–Crippen LogP) is 3.62. The summed E-state index contributed by atoms with van der Waals surface area (Å²) in [7, 11) is 0. The molecule has 1 saturated carbocycles. The first-order valence-electron chi connectivity index (χ1n) is 6.58. The molecule has 18 heavy (non-hydrogen) atoms. The van der Waals surface area contributed by atoms with Gasteiger partial charge in [0.25, 0.3) is 0 Å². The third-order valence-corrected chi connectivity index (χ3v) is 3.96. The molecule has 98 valence electrons. The minimum Gasteiger partial charge on any atom is -0.385 e. The molecule has 0 unspecified atom stereocenters. The van der Waals surface area contributed by atoms with Gasteiger partial charge in [-0.1, -0.05) is 31.0 Å². The van der Waals surface area contributed by atoms with Crippen molar-refractivity contribution in [2.45, 2.75) is 51.0 Å². The predicted molar refractivity (Wildman–Crippen MR) is 72.8 cm³/mol. The highest BCUT2D eigenvalue weighted by Crippen LogP contribution is 2.38. The van der Waals surface area contributed by atoms with Crippen LogP contribution in [0.3, 0.4) is 0 Å². The first kappa shape index (κ1) is 13.6. The number of benzene rings is 1. The largest absolute Gasteiger partial charge is 0.385 e. The summed E-state index contributed by atoms with van der Waals surface area (Å²) in [6, 6.07) is 5.68. The third-order valence-electron chi connectivity index (χ3n) is 3.72. The normalized spacial score (nSPS) is 18.9. The highest BCUT2D eigenvalue weighted by Gasteiger charge is 2.35. The summed E-state index contributed by atoms with van der Waals surface area (Å²) in [6.45, 7) is 2.11. The van der Waals surface area contributed by atoms with Crippen LogP contribution in [0.4, 0.5) is 0 Å². The SMILES string of the molecule is CCCc1cc(Cl)ccc1C1(O)CCC(=O)CC1. The van der Waals surface area contributed by atoms with E-state index in [9.17, 15) is 9.90 Å². The van der Waals surface area contributed by atoms with Gasteiger partial charge in [0.2, 0.25) is 0 Å². The van der Waals surface area contributed by atoms with E-state index in [4.69, 9.17) is 11.6 Å². The van der Waals surface area contributed by atoms with Crippen molar-refractivity contribution in [1.82, 2.24) is 0 Å². The molecule has 2 rings (SSSR count). The number of Topliss-reactive ketones (excluding diaryl/α,β-unsaturated/α-hetero) is 1. The average molecular weight is 267 g/mol. The zero-order chi connectivity index (χ0) is 13.2. The molecule has 0 atom stereocenters. The molecule has 1 aliphatic carbocycles. The number of aryl methyl sites for hydroxylation is 1. The molecule has 1 aromatic carbocycles. The summed E-state index contributed by atoms with van der Waals surface area (Å²) < 4.78 is 0.